The summed E-state index contributed by atoms with van der Waals surface area (Å²) in [7, 11) is 1.98. The van der Waals surface area contributed by atoms with E-state index in [2.05, 4.69) is 20.4 Å². The molecule has 1 aromatic heterocycles. The number of para-hydroxylation sites is 1. The summed E-state index contributed by atoms with van der Waals surface area (Å²) in [5.74, 6) is -1.23. The summed E-state index contributed by atoms with van der Waals surface area (Å²) in [5.41, 5.74) is 2.11. The van der Waals surface area contributed by atoms with Crippen molar-refractivity contribution in [2.75, 3.05) is 30.4 Å². The Bertz CT molecular complexity index is 745. The van der Waals surface area contributed by atoms with Gasteiger partial charge in [0.15, 0.2) is 0 Å². The van der Waals surface area contributed by atoms with Crippen LogP contribution in [-0.2, 0) is 16.1 Å². The zero-order valence-electron chi connectivity index (χ0n) is 12.9. The maximum atomic E-state index is 12.4. The van der Waals surface area contributed by atoms with E-state index in [1.54, 1.807) is 11.8 Å². The molecule has 1 aromatic carbocycles. The fourth-order valence-corrected chi connectivity index (χ4v) is 3.09. The van der Waals surface area contributed by atoms with E-state index in [0.29, 0.717) is 24.8 Å². The molecule has 0 fully saturated rings. The number of fused-ring (bicyclic) bond motifs is 1. The van der Waals surface area contributed by atoms with Crippen molar-refractivity contribution in [3.05, 3.63) is 34.8 Å². The Kier molecular flexibility index (Phi) is 4.24. The van der Waals surface area contributed by atoms with Crippen LogP contribution in [0.15, 0.2) is 24.3 Å². The fourth-order valence-electron chi connectivity index (χ4n) is 2.51. The number of benzene rings is 1. The first-order valence-electron chi connectivity index (χ1n) is 7.24. The summed E-state index contributed by atoms with van der Waals surface area (Å²) in [6, 6.07) is 7.90. The van der Waals surface area contributed by atoms with E-state index < -0.39 is 11.8 Å². The molecule has 7 nitrogen and oxygen atoms in total. The summed E-state index contributed by atoms with van der Waals surface area (Å²) in [4.78, 5) is 28.2. The first-order valence-corrected chi connectivity index (χ1v) is 8.05. The third-order valence-electron chi connectivity index (χ3n) is 3.70. The molecule has 0 unspecified atom stereocenters. The molecule has 8 heteroatoms. The average Bonchev–Trinajstić information content (AvgIpc) is 2.87. The number of carbonyl (C=O) groups is 2. The Morgan fingerprint density at radius 3 is 2.74 bits per heavy atom. The molecular formula is C15H17N5O2S. The highest BCUT2D eigenvalue weighted by Crippen LogP contribution is 2.23. The van der Waals surface area contributed by atoms with Crippen LogP contribution in [0.2, 0.25) is 0 Å². The summed E-state index contributed by atoms with van der Waals surface area (Å²) in [6.45, 7) is 3.37. The fraction of sp³-hybridized carbons (Fsp3) is 0.333. The Balaban J connectivity index is 1.73. The lowest BCUT2D eigenvalue weighted by molar-refractivity contribution is -0.143. The van der Waals surface area contributed by atoms with Crippen molar-refractivity contribution in [1.82, 2.24) is 15.1 Å². The smallest absolute Gasteiger partial charge is 0.315 e. The van der Waals surface area contributed by atoms with Crippen LogP contribution in [0.4, 0.5) is 10.8 Å². The zero-order valence-corrected chi connectivity index (χ0v) is 13.8. The van der Waals surface area contributed by atoms with Gasteiger partial charge in [0.25, 0.3) is 0 Å². The largest absolute Gasteiger partial charge is 0.373 e. The van der Waals surface area contributed by atoms with Gasteiger partial charge in [0.1, 0.15) is 5.01 Å². The number of nitrogens with zero attached hydrogens (tertiary/aromatic N) is 4. The van der Waals surface area contributed by atoms with Crippen molar-refractivity contribution in [2.24, 2.45) is 0 Å². The van der Waals surface area contributed by atoms with Gasteiger partial charge in [-0.05, 0) is 18.6 Å². The van der Waals surface area contributed by atoms with Gasteiger partial charge >= 0.3 is 11.8 Å². The van der Waals surface area contributed by atoms with E-state index in [1.165, 1.54) is 11.3 Å². The number of hydrogen-bond donors (Lipinski definition) is 1. The van der Waals surface area contributed by atoms with Crippen LogP contribution in [0.5, 0.6) is 0 Å². The lowest BCUT2D eigenvalue weighted by Gasteiger charge is -2.20. The molecule has 3 rings (SSSR count). The number of nitrogens with one attached hydrogen (secondary N) is 1. The summed E-state index contributed by atoms with van der Waals surface area (Å²) >= 11 is 1.24. The first kappa shape index (κ1) is 15.4. The number of hydrogen-bond acceptors (Lipinski definition) is 6. The second-order valence-corrected chi connectivity index (χ2v) is 6.54. The third kappa shape index (κ3) is 3.31. The van der Waals surface area contributed by atoms with Crippen molar-refractivity contribution in [2.45, 2.75) is 13.5 Å². The predicted octanol–water partition coefficient (Wildman–Crippen LogP) is 1.26. The average molecular weight is 331 g/mol. The van der Waals surface area contributed by atoms with Gasteiger partial charge in [-0.15, -0.1) is 10.2 Å². The van der Waals surface area contributed by atoms with Crippen LogP contribution < -0.4 is 10.2 Å². The molecule has 0 radical (unpaired) electrons. The van der Waals surface area contributed by atoms with E-state index >= 15 is 0 Å². The van der Waals surface area contributed by atoms with Gasteiger partial charge in [-0.2, -0.15) is 0 Å². The van der Waals surface area contributed by atoms with Gasteiger partial charge in [-0.25, -0.2) is 0 Å². The molecule has 120 valence electrons. The lowest BCUT2D eigenvalue weighted by atomic mass is 10.1. The molecule has 2 amide bonds. The molecule has 1 aliphatic rings. The minimum absolute atomic E-state index is 0.341. The molecule has 0 spiro atoms. The van der Waals surface area contributed by atoms with Crippen molar-refractivity contribution in [3.8, 4) is 0 Å². The summed E-state index contributed by atoms with van der Waals surface area (Å²) < 4.78 is 0. The lowest BCUT2D eigenvalue weighted by Crippen LogP contribution is -2.41. The van der Waals surface area contributed by atoms with Crippen LogP contribution in [0.3, 0.4) is 0 Å². The topological polar surface area (TPSA) is 78.4 Å². The van der Waals surface area contributed by atoms with Crippen molar-refractivity contribution in [1.29, 1.82) is 0 Å². The van der Waals surface area contributed by atoms with Crippen molar-refractivity contribution >= 4 is 34.0 Å². The van der Waals surface area contributed by atoms with E-state index in [0.717, 1.165) is 16.3 Å². The molecule has 0 atom stereocenters. The summed E-state index contributed by atoms with van der Waals surface area (Å²) in [6.07, 6.45) is 0. The molecule has 2 heterocycles. The van der Waals surface area contributed by atoms with E-state index in [9.17, 15) is 9.59 Å². The monoisotopic (exact) mass is 331 g/mol. The number of amides is 2. The second kappa shape index (κ2) is 6.33. The van der Waals surface area contributed by atoms with Gasteiger partial charge in [0, 0.05) is 32.4 Å². The quantitative estimate of drug-likeness (QED) is 0.796. The third-order valence-corrected chi connectivity index (χ3v) is 4.45. The summed E-state index contributed by atoms with van der Waals surface area (Å²) in [5, 5.41) is 11.2. The van der Waals surface area contributed by atoms with Crippen molar-refractivity contribution in [3.63, 3.8) is 0 Å². The number of rotatable bonds is 1. The van der Waals surface area contributed by atoms with Gasteiger partial charge in [-0.3, -0.25) is 14.9 Å². The van der Waals surface area contributed by atoms with Crippen LogP contribution in [-0.4, -0.2) is 47.0 Å². The molecule has 1 aliphatic heterocycles. The molecule has 0 aliphatic carbocycles. The number of carbonyl (C=O) groups excluding carboxylic acids is 2. The van der Waals surface area contributed by atoms with E-state index in [1.807, 2.05) is 31.3 Å². The number of anilines is 2. The minimum Gasteiger partial charge on any atom is -0.373 e. The van der Waals surface area contributed by atoms with Crippen LogP contribution in [0.1, 0.15) is 10.6 Å². The van der Waals surface area contributed by atoms with E-state index in [-0.39, 0.29) is 0 Å². The number of aryl methyl sites for hydroxylation is 1. The standard InChI is InChI=1S/C15H17N5O2S/c1-10-17-18-15(23-10)16-13(21)14(22)20-8-7-19(2)12-6-4-3-5-11(12)9-20/h3-6H,7-9H2,1-2H3,(H,16,18,21). The molecule has 0 bridgehead atoms. The van der Waals surface area contributed by atoms with Crippen molar-refractivity contribution < 1.29 is 9.59 Å². The maximum absolute atomic E-state index is 12.4. The van der Waals surface area contributed by atoms with E-state index in [4.69, 9.17) is 0 Å². The molecule has 0 saturated heterocycles. The highest BCUT2D eigenvalue weighted by Gasteiger charge is 2.26. The van der Waals surface area contributed by atoms with Gasteiger partial charge in [0.05, 0.1) is 0 Å². The maximum Gasteiger partial charge on any atom is 0.315 e. The molecule has 1 N–H and O–H groups in total. The van der Waals surface area contributed by atoms with Gasteiger partial charge in [0.2, 0.25) is 5.13 Å². The molecule has 2 aromatic rings. The number of likely N-dealkylation sites (N-methyl/N-ethyl adjacent to an activating group) is 1. The Labute approximate surface area is 137 Å². The molecule has 0 saturated carbocycles. The Morgan fingerprint density at radius 2 is 2.00 bits per heavy atom. The van der Waals surface area contributed by atoms with Crippen LogP contribution >= 0.6 is 11.3 Å². The second-order valence-electron chi connectivity index (χ2n) is 5.36. The van der Waals surface area contributed by atoms with Gasteiger partial charge < -0.3 is 9.80 Å². The zero-order chi connectivity index (χ0) is 16.4. The normalized spacial score (nSPS) is 14.2. The predicted molar refractivity (Wildman–Crippen MR) is 88.4 cm³/mol. The van der Waals surface area contributed by atoms with Crippen LogP contribution in [0.25, 0.3) is 0 Å². The minimum atomic E-state index is -0.678. The molecular weight excluding hydrogens is 314 g/mol. The number of aromatic nitrogens is 2. The molecule has 23 heavy (non-hydrogen) atoms. The Hall–Kier alpha value is -2.48. The highest BCUT2D eigenvalue weighted by atomic mass is 32.1. The highest BCUT2D eigenvalue weighted by molar-refractivity contribution is 7.15. The Morgan fingerprint density at radius 1 is 1.22 bits per heavy atom. The first-order chi connectivity index (χ1) is 11.0. The van der Waals surface area contributed by atoms with Crippen LogP contribution in [0, 0.1) is 6.92 Å². The van der Waals surface area contributed by atoms with Gasteiger partial charge in [-0.1, -0.05) is 29.5 Å². The SMILES string of the molecule is Cc1nnc(NC(=O)C(=O)N2CCN(C)c3ccccc3C2)s1.